The van der Waals surface area contributed by atoms with Gasteiger partial charge in [0.25, 0.3) is 0 Å². The van der Waals surface area contributed by atoms with E-state index in [1.165, 1.54) is 18.4 Å². The first-order valence-electron chi connectivity index (χ1n) is 7.87. The number of nitrogens with one attached hydrogen (secondary N) is 1. The minimum Gasteiger partial charge on any atom is -0.490 e. The third kappa shape index (κ3) is 4.30. The van der Waals surface area contributed by atoms with Crippen LogP contribution in [0, 0.1) is 0 Å². The molecule has 0 aromatic heterocycles. The maximum atomic E-state index is 5.74. The lowest BCUT2D eigenvalue weighted by molar-refractivity contribution is 0.297. The van der Waals surface area contributed by atoms with Crippen LogP contribution in [0.4, 0.5) is 0 Å². The monoisotopic (exact) mass is 309 g/mol. The number of thioether (sulfide) groups is 1. The van der Waals surface area contributed by atoms with Gasteiger partial charge in [0.2, 0.25) is 0 Å². The van der Waals surface area contributed by atoms with E-state index in [0.717, 1.165) is 44.2 Å². The highest BCUT2D eigenvalue weighted by Crippen LogP contribution is 2.31. The Labute approximate surface area is 132 Å². The molecule has 0 spiro atoms. The van der Waals surface area contributed by atoms with Gasteiger partial charge in [0, 0.05) is 24.3 Å². The molecule has 1 aliphatic rings. The van der Waals surface area contributed by atoms with Crippen molar-refractivity contribution >= 4 is 11.8 Å². The van der Waals surface area contributed by atoms with E-state index in [9.17, 15) is 0 Å². The zero-order valence-corrected chi connectivity index (χ0v) is 14.2. The minimum atomic E-state index is 0.352. The summed E-state index contributed by atoms with van der Waals surface area (Å²) in [5.41, 5.74) is 1.25. The summed E-state index contributed by atoms with van der Waals surface area (Å²) < 4.78 is 11.8. The molecular weight excluding hydrogens is 282 g/mol. The quantitative estimate of drug-likeness (QED) is 0.828. The fourth-order valence-corrected chi connectivity index (χ4v) is 3.44. The van der Waals surface area contributed by atoms with Crippen molar-refractivity contribution in [2.24, 2.45) is 0 Å². The molecule has 0 unspecified atom stereocenters. The summed E-state index contributed by atoms with van der Waals surface area (Å²) in [4.78, 5) is 0. The van der Waals surface area contributed by atoms with Crippen LogP contribution in [0.5, 0.6) is 11.5 Å². The average Bonchev–Trinajstić information content (AvgIpc) is 2.77. The molecule has 1 heterocycles. The van der Waals surface area contributed by atoms with E-state index in [1.54, 1.807) is 0 Å². The smallest absolute Gasteiger partial charge is 0.161 e. The molecule has 1 N–H and O–H groups in total. The van der Waals surface area contributed by atoms with Crippen molar-refractivity contribution in [1.82, 2.24) is 5.32 Å². The van der Waals surface area contributed by atoms with Crippen molar-refractivity contribution < 1.29 is 9.47 Å². The van der Waals surface area contributed by atoms with Gasteiger partial charge in [0.05, 0.1) is 13.2 Å². The molecule has 1 aliphatic heterocycles. The van der Waals surface area contributed by atoms with E-state index in [-0.39, 0.29) is 0 Å². The first-order valence-corrected chi connectivity index (χ1v) is 9.10. The van der Waals surface area contributed by atoms with E-state index >= 15 is 0 Å². The number of hydrogen-bond acceptors (Lipinski definition) is 4. The molecule has 118 valence electrons. The second kappa shape index (κ2) is 7.95. The SMILES string of the molecule is CCC(CC)(CNCc1ccc2c(c1)OCCCO2)SC. The molecule has 0 saturated heterocycles. The lowest BCUT2D eigenvalue weighted by atomic mass is 10.0. The summed E-state index contributed by atoms with van der Waals surface area (Å²) in [6, 6.07) is 6.25. The highest BCUT2D eigenvalue weighted by Gasteiger charge is 2.24. The summed E-state index contributed by atoms with van der Waals surface area (Å²) in [5, 5.41) is 3.60. The Bertz CT molecular complexity index is 438. The van der Waals surface area contributed by atoms with Crippen LogP contribution >= 0.6 is 11.8 Å². The molecule has 1 aromatic carbocycles. The molecule has 2 rings (SSSR count). The number of hydrogen-bond donors (Lipinski definition) is 1. The predicted octanol–water partition coefficient (Wildman–Crippen LogP) is 3.86. The highest BCUT2D eigenvalue weighted by atomic mass is 32.2. The third-order valence-electron chi connectivity index (χ3n) is 4.31. The molecular formula is C17H27NO2S. The fourth-order valence-electron chi connectivity index (χ4n) is 2.61. The van der Waals surface area contributed by atoms with Gasteiger partial charge in [0.1, 0.15) is 0 Å². The number of rotatable bonds is 7. The molecule has 21 heavy (non-hydrogen) atoms. The number of fused-ring (bicyclic) bond motifs is 1. The van der Waals surface area contributed by atoms with Crippen molar-refractivity contribution in [3.8, 4) is 11.5 Å². The van der Waals surface area contributed by atoms with Crippen LogP contribution in [-0.2, 0) is 6.54 Å². The average molecular weight is 309 g/mol. The Morgan fingerprint density at radius 3 is 2.52 bits per heavy atom. The van der Waals surface area contributed by atoms with Gasteiger partial charge in [-0.1, -0.05) is 19.9 Å². The molecule has 0 saturated carbocycles. The molecule has 0 bridgehead atoms. The van der Waals surface area contributed by atoms with Crippen molar-refractivity contribution in [1.29, 1.82) is 0 Å². The normalized spacial score (nSPS) is 14.8. The predicted molar refractivity (Wildman–Crippen MR) is 90.6 cm³/mol. The largest absolute Gasteiger partial charge is 0.490 e. The van der Waals surface area contributed by atoms with Crippen molar-refractivity contribution in [3.63, 3.8) is 0 Å². The second-order valence-corrected chi connectivity index (χ2v) is 6.80. The van der Waals surface area contributed by atoms with Gasteiger partial charge in [-0.2, -0.15) is 11.8 Å². The van der Waals surface area contributed by atoms with Crippen LogP contribution in [0.25, 0.3) is 0 Å². The third-order valence-corrected chi connectivity index (χ3v) is 5.90. The molecule has 0 aliphatic carbocycles. The van der Waals surface area contributed by atoms with E-state index in [2.05, 4.69) is 37.6 Å². The van der Waals surface area contributed by atoms with E-state index in [0.29, 0.717) is 4.75 Å². The van der Waals surface area contributed by atoms with Crippen LogP contribution in [-0.4, -0.2) is 30.8 Å². The Hall–Kier alpha value is -0.870. The second-order valence-electron chi connectivity index (χ2n) is 5.53. The molecule has 3 nitrogen and oxygen atoms in total. The zero-order chi connectivity index (χ0) is 15.1. The highest BCUT2D eigenvalue weighted by molar-refractivity contribution is 8.00. The first kappa shape index (κ1) is 16.5. The van der Waals surface area contributed by atoms with E-state index in [4.69, 9.17) is 9.47 Å². The Kier molecular flexibility index (Phi) is 6.24. The summed E-state index contributed by atoms with van der Waals surface area (Å²) in [6.07, 6.45) is 5.55. The van der Waals surface area contributed by atoms with Crippen LogP contribution in [0.2, 0.25) is 0 Å². The maximum absolute atomic E-state index is 5.74. The standard InChI is InChI=1S/C17H27NO2S/c1-4-17(5-2,21-3)13-18-12-14-7-8-15-16(11-14)20-10-6-9-19-15/h7-8,11,18H,4-6,9-10,12-13H2,1-3H3. The summed E-state index contributed by atoms with van der Waals surface area (Å²) >= 11 is 1.97. The van der Waals surface area contributed by atoms with Gasteiger partial charge in [-0.25, -0.2) is 0 Å². The van der Waals surface area contributed by atoms with E-state index in [1.807, 2.05) is 17.8 Å². The van der Waals surface area contributed by atoms with Crippen LogP contribution in [0.3, 0.4) is 0 Å². The molecule has 0 atom stereocenters. The van der Waals surface area contributed by atoms with Gasteiger partial charge in [-0.3, -0.25) is 0 Å². The van der Waals surface area contributed by atoms with Gasteiger partial charge < -0.3 is 14.8 Å². The number of benzene rings is 1. The van der Waals surface area contributed by atoms with Gasteiger partial charge in [0.15, 0.2) is 11.5 Å². The minimum absolute atomic E-state index is 0.352. The van der Waals surface area contributed by atoms with Crippen LogP contribution < -0.4 is 14.8 Å². The molecule has 4 heteroatoms. The van der Waals surface area contributed by atoms with Crippen molar-refractivity contribution in [3.05, 3.63) is 23.8 Å². The lowest BCUT2D eigenvalue weighted by Gasteiger charge is -2.30. The van der Waals surface area contributed by atoms with Gasteiger partial charge in [-0.15, -0.1) is 0 Å². The summed E-state index contributed by atoms with van der Waals surface area (Å²) in [6.45, 7) is 7.94. The maximum Gasteiger partial charge on any atom is 0.161 e. The van der Waals surface area contributed by atoms with Gasteiger partial charge >= 0.3 is 0 Å². The summed E-state index contributed by atoms with van der Waals surface area (Å²) in [7, 11) is 0. The van der Waals surface area contributed by atoms with E-state index < -0.39 is 0 Å². The zero-order valence-electron chi connectivity index (χ0n) is 13.4. The van der Waals surface area contributed by atoms with Gasteiger partial charge in [-0.05, 0) is 36.8 Å². The Morgan fingerprint density at radius 1 is 1.14 bits per heavy atom. The fraction of sp³-hybridized carbons (Fsp3) is 0.647. The number of ether oxygens (including phenoxy) is 2. The lowest BCUT2D eigenvalue weighted by Crippen LogP contribution is -2.36. The topological polar surface area (TPSA) is 30.5 Å². The van der Waals surface area contributed by atoms with Crippen molar-refractivity contribution in [2.45, 2.75) is 44.4 Å². The van der Waals surface area contributed by atoms with Crippen molar-refractivity contribution in [2.75, 3.05) is 26.0 Å². The first-order chi connectivity index (χ1) is 10.2. The molecule has 1 aromatic rings. The molecule has 0 amide bonds. The Morgan fingerprint density at radius 2 is 1.86 bits per heavy atom. The van der Waals surface area contributed by atoms with Crippen LogP contribution in [0.15, 0.2) is 18.2 Å². The van der Waals surface area contributed by atoms with Crippen LogP contribution in [0.1, 0.15) is 38.7 Å². The molecule has 0 radical (unpaired) electrons. The summed E-state index contributed by atoms with van der Waals surface area (Å²) in [5.74, 6) is 1.76. The molecule has 0 fully saturated rings. The Balaban J connectivity index is 1.93.